The number of imidazole rings is 1. The molecule has 0 radical (unpaired) electrons. The highest BCUT2D eigenvalue weighted by Crippen LogP contribution is 2.12. The fraction of sp³-hybridized carbons (Fsp3) is 0.500. The number of likely N-dealkylation sites (tertiary alicyclic amines) is 1. The number of ether oxygens (including phenoxy) is 1. The van der Waals surface area contributed by atoms with Gasteiger partial charge in [0.05, 0.1) is 0 Å². The van der Waals surface area contributed by atoms with Crippen molar-refractivity contribution >= 4 is 11.6 Å². The molecule has 0 unspecified atom stereocenters. The number of rotatable bonds is 5. The summed E-state index contributed by atoms with van der Waals surface area (Å²) in [7, 11) is 0. The average molecular weight is 295 g/mol. The molecule has 0 atom stereocenters. The van der Waals surface area contributed by atoms with Crippen molar-refractivity contribution < 1.29 is 4.74 Å². The molecule has 3 rings (SSSR count). The highest BCUT2D eigenvalue weighted by atomic mass is 35.5. The summed E-state index contributed by atoms with van der Waals surface area (Å²) in [5.74, 6) is 0.402. The molecule has 7 nitrogen and oxygen atoms in total. The second-order valence-electron chi connectivity index (χ2n) is 4.55. The van der Waals surface area contributed by atoms with Gasteiger partial charge < -0.3 is 4.74 Å². The quantitative estimate of drug-likeness (QED) is 0.825. The average Bonchev–Trinajstić information content (AvgIpc) is 3.11. The van der Waals surface area contributed by atoms with Crippen LogP contribution < -0.4 is 4.74 Å². The topological polar surface area (TPSA) is 69.0 Å². The van der Waals surface area contributed by atoms with Crippen LogP contribution in [0.25, 0.3) is 5.95 Å². The van der Waals surface area contributed by atoms with Gasteiger partial charge in [-0.25, -0.2) is 4.98 Å². The van der Waals surface area contributed by atoms with Crippen molar-refractivity contribution in [3.8, 4) is 12.0 Å². The van der Waals surface area contributed by atoms with Gasteiger partial charge in [-0.3, -0.25) is 9.47 Å². The molecule has 2 aromatic heterocycles. The first-order valence-corrected chi connectivity index (χ1v) is 6.94. The summed E-state index contributed by atoms with van der Waals surface area (Å²) in [6, 6.07) is 0.243. The molecular weight excluding hydrogens is 280 g/mol. The molecule has 0 saturated carbocycles. The van der Waals surface area contributed by atoms with Crippen molar-refractivity contribution in [2.24, 2.45) is 0 Å². The lowest BCUT2D eigenvalue weighted by Crippen LogP contribution is -2.25. The van der Waals surface area contributed by atoms with Crippen LogP contribution in [-0.4, -0.2) is 55.6 Å². The molecule has 0 aromatic carbocycles. The largest absolute Gasteiger partial charge is 0.462 e. The molecule has 0 aliphatic carbocycles. The van der Waals surface area contributed by atoms with Gasteiger partial charge in [0.25, 0.3) is 0 Å². The van der Waals surface area contributed by atoms with E-state index in [1.807, 2.05) is 0 Å². The monoisotopic (exact) mass is 294 g/mol. The molecule has 106 valence electrons. The molecule has 1 saturated heterocycles. The van der Waals surface area contributed by atoms with E-state index in [9.17, 15) is 0 Å². The third kappa shape index (κ3) is 3.23. The summed E-state index contributed by atoms with van der Waals surface area (Å²) in [6.45, 7) is 3.70. The van der Waals surface area contributed by atoms with Crippen LogP contribution in [0.4, 0.5) is 0 Å². The molecule has 2 aromatic rings. The van der Waals surface area contributed by atoms with Crippen molar-refractivity contribution in [3.05, 3.63) is 24.0 Å². The van der Waals surface area contributed by atoms with Gasteiger partial charge in [0.2, 0.25) is 11.2 Å². The smallest absolute Gasteiger partial charge is 0.322 e. The minimum atomic E-state index is 0.111. The molecule has 0 amide bonds. The zero-order valence-corrected chi connectivity index (χ0v) is 11.7. The van der Waals surface area contributed by atoms with Crippen LogP contribution in [0.5, 0.6) is 6.01 Å². The third-order valence-electron chi connectivity index (χ3n) is 3.15. The van der Waals surface area contributed by atoms with Crippen LogP contribution in [0, 0.1) is 0 Å². The highest BCUT2D eigenvalue weighted by molar-refractivity contribution is 6.28. The van der Waals surface area contributed by atoms with Crippen molar-refractivity contribution in [1.82, 2.24) is 29.4 Å². The van der Waals surface area contributed by atoms with E-state index in [1.165, 1.54) is 12.8 Å². The molecule has 3 heterocycles. The van der Waals surface area contributed by atoms with Gasteiger partial charge in [0.15, 0.2) is 0 Å². The van der Waals surface area contributed by atoms with Crippen LogP contribution in [0.1, 0.15) is 12.8 Å². The molecule has 1 aliphatic heterocycles. The fourth-order valence-corrected chi connectivity index (χ4v) is 2.30. The second-order valence-corrected chi connectivity index (χ2v) is 4.89. The molecule has 0 spiro atoms. The molecule has 8 heteroatoms. The molecule has 0 bridgehead atoms. The Morgan fingerprint density at radius 2 is 2.05 bits per heavy atom. The summed E-state index contributed by atoms with van der Waals surface area (Å²) in [6.07, 6.45) is 7.51. The van der Waals surface area contributed by atoms with Crippen molar-refractivity contribution in [3.63, 3.8) is 0 Å². The number of hydrogen-bond donors (Lipinski definition) is 0. The van der Waals surface area contributed by atoms with Crippen molar-refractivity contribution in [2.75, 3.05) is 26.2 Å². The Labute approximate surface area is 121 Å². The van der Waals surface area contributed by atoms with Crippen LogP contribution in [-0.2, 0) is 0 Å². The molecule has 20 heavy (non-hydrogen) atoms. The first-order chi connectivity index (χ1) is 9.81. The predicted molar refractivity (Wildman–Crippen MR) is 73.1 cm³/mol. The first-order valence-electron chi connectivity index (χ1n) is 6.56. The van der Waals surface area contributed by atoms with E-state index in [0.717, 1.165) is 19.6 Å². The van der Waals surface area contributed by atoms with E-state index in [0.29, 0.717) is 12.6 Å². The Kier molecular flexibility index (Phi) is 4.08. The standard InChI is InChI=1S/C12H15ClN6O/c13-10-15-11(19-6-3-14-9-19)17-12(16-10)20-8-7-18-4-1-2-5-18/h3,6,9H,1-2,4-5,7-8H2. The Morgan fingerprint density at radius 3 is 2.80 bits per heavy atom. The van der Waals surface area contributed by atoms with Crippen molar-refractivity contribution in [1.29, 1.82) is 0 Å². The van der Waals surface area contributed by atoms with Gasteiger partial charge in [-0.05, 0) is 37.5 Å². The maximum absolute atomic E-state index is 5.89. The SMILES string of the molecule is Clc1nc(OCCN2CCCC2)nc(-n2ccnc2)n1. The maximum atomic E-state index is 5.89. The maximum Gasteiger partial charge on any atom is 0.322 e. The Hall–Kier alpha value is -1.73. The van der Waals surface area contributed by atoms with Crippen LogP contribution in [0.15, 0.2) is 18.7 Å². The van der Waals surface area contributed by atoms with E-state index in [2.05, 4.69) is 24.8 Å². The van der Waals surface area contributed by atoms with Gasteiger partial charge in [-0.2, -0.15) is 15.0 Å². The van der Waals surface area contributed by atoms with E-state index in [-0.39, 0.29) is 11.3 Å². The summed E-state index contributed by atoms with van der Waals surface area (Å²) in [5.41, 5.74) is 0. The van der Waals surface area contributed by atoms with E-state index >= 15 is 0 Å². The molecule has 0 N–H and O–H groups in total. The summed E-state index contributed by atoms with van der Waals surface area (Å²) >= 11 is 5.89. The van der Waals surface area contributed by atoms with Crippen LogP contribution in [0.3, 0.4) is 0 Å². The lowest BCUT2D eigenvalue weighted by molar-refractivity contribution is 0.225. The van der Waals surface area contributed by atoms with E-state index in [1.54, 1.807) is 23.3 Å². The lowest BCUT2D eigenvalue weighted by atomic mass is 10.4. The minimum Gasteiger partial charge on any atom is -0.462 e. The molecule has 1 fully saturated rings. The van der Waals surface area contributed by atoms with Gasteiger partial charge in [-0.15, -0.1) is 0 Å². The number of nitrogens with zero attached hydrogens (tertiary/aromatic N) is 6. The number of aromatic nitrogens is 5. The van der Waals surface area contributed by atoms with Gasteiger partial charge in [-0.1, -0.05) is 0 Å². The number of halogens is 1. The van der Waals surface area contributed by atoms with Crippen LogP contribution >= 0.6 is 11.6 Å². The third-order valence-corrected chi connectivity index (χ3v) is 3.32. The minimum absolute atomic E-state index is 0.111. The lowest BCUT2D eigenvalue weighted by Gasteiger charge is -2.14. The molecule has 1 aliphatic rings. The van der Waals surface area contributed by atoms with Gasteiger partial charge in [0.1, 0.15) is 12.9 Å². The normalized spacial score (nSPS) is 15.7. The van der Waals surface area contributed by atoms with E-state index < -0.39 is 0 Å². The Morgan fingerprint density at radius 1 is 1.20 bits per heavy atom. The van der Waals surface area contributed by atoms with Gasteiger partial charge in [0, 0.05) is 18.9 Å². The van der Waals surface area contributed by atoms with Crippen LogP contribution in [0.2, 0.25) is 5.28 Å². The number of hydrogen-bond acceptors (Lipinski definition) is 6. The second kappa shape index (κ2) is 6.15. The highest BCUT2D eigenvalue weighted by Gasteiger charge is 2.12. The zero-order chi connectivity index (χ0) is 13.8. The summed E-state index contributed by atoms with van der Waals surface area (Å²) in [5, 5.41) is 0.111. The molecular formula is C12H15ClN6O. The van der Waals surface area contributed by atoms with Gasteiger partial charge >= 0.3 is 6.01 Å². The first kappa shape index (κ1) is 13.3. The Balaban J connectivity index is 1.63. The summed E-state index contributed by atoms with van der Waals surface area (Å²) < 4.78 is 7.22. The fourth-order valence-electron chi connectivity index (χ4n) is 2.15. The van der Waals surface area contributed by atoms with Crippen molar-refractivity contribution in [2.45, 2.75) is 12.8 Å². The predicted octanol–water partition coefficient (Wildman–Crippen LogP) is 1.19. The summed E-state index contributed by atoms with van der Waals surface area (Å²) in [4.78, 5) is 18.5. The Bertz CT molecular complexity index is 555. The van der Waals surface area contributed by atoms with E-state index in [4.69, 9.17) is 16.3 Å². The zero-order valence-electron chi connectivity index (χ0n) is 10.9.